The topological polar surface area (TPSA) is 54.0 Å². The van der Waals surface area contributed by atoms with Gasteiger partial charge in [-0.05, 0) is 37.6 Å². The van der Waals surface area contributed by atoms with Crippen molar-refractivity contribution in [2.24, 2.45) is 0 Å². The van der Waals surface area contributed by atoms with E-state index in [1.165, 1.54) is 4.88 Å². The number of amides is 1. The van der Waals surface area contributed by atoms with E-state index < -0.39 is 0 Å². The van der Waals surface area contributed by atoms with Crippen LogP contribution in [-0.4, -0.2) is 17.4 Å². The molecule has 6 heteroatoms. The maximum absolute atomic E-state index is 12.2. The molecule has 1 amide bonds. The molecule has 0 saturated carbocycles. The lowest BCUT2D eigenvalue weighted by Gasteiger charge is -2.08. The molecule has 0 atom stereocenters. The Labute approximate surface area is 133 Å². The molecular weight excluding hydrogens is 306 g/mol. The van der Waals surface area contributed by atoms with Gasteiger partial charge in [-0.2, -0.15) is 0 Å². The summed E-state index contributed by atoms with van der Waals surface area (Å²) in [5.74, 6) is 0.407. The van der Waals surface area contributed by atoms with Crippen molar-refractivity contribution < 1.29 is 4.79 Å². The molecule has 112 valence electrons. The van der Waals surface area contributed by atoms with E-state index in [1.54, 1.807) is 23.5 Å². The third-order valence-corrected chi connectivity index (χ3v) is 4.14. The number of thiophene rings is 1. The van der Waals surface area contributed by atoms with Gasteiger partial charge >= 0.3 is 0 Å². The maximum Gasteiger partial charge on any atom is 0.271 e. The van der Waals surface area contributed by atoms with E-state index >= 15 is 0 Å². The Kier molecular flexibility index (Phi) is 5.59. The first-order valence-corrected chi connectivity index (χ1v) is 8.03. The summed E-state index contributed by atoms with van der Waals surface area (Å²) in [5, 5.41) is 6.35. The summed E-state index contributed by atoms with van der Waals surface area (Å²) in [7, 11) is 0. The number of rotatable bonds is 6. The fourth-order valence-corrected chi connectivity index (χ4v) is 2.81. The van der Waals surface area contributed by atoms with Crippen LogP contribution in [0.3, 0.4) is 0 Å². The molecule has 4 nitrogen and oxygen atoms in total. The van der Waals surface area contributed by atoms with E-state index in [0.717, 1.165) is 17.8 Å². The van der Waals surface area contributed by atoms with Crippen LogP contribution in [0.2, 0.25) is 5.02 Å². The highest BCUT2D eigenvalue weighted by atomic mass is 35.5. The van der Waals surface area contributed by atoms with Gasteiger partial charge in [0, 0.05) is 16.3 Å². The number of nitrogens with one attached hydrogen (secondary N) is 2. The minimum atomic E-state index is -0.258. The summed E-state index contributed by atoms with van der Waals surface area (Å²) in [6.45, 7) is 5.41. The predicted octanol–water partition coefficient (Wildman–Crippen LogP) is 3.86. The highest BCUT2D eigenvalue weighted by Crippen LogP contribution is 2.18. The third kappa shape index (κ3) is 4.44. The largest absolute Gasteiger partial charge is 0.370 e. The summed E-state index contributed by atoms with van der Waals surface area (Å²) in [5.41, 5.74) is 0.256. The van der Waals surface area contributed by atoms with Gasteiger partial charge in [-0.3, -0.25) is 4.79 Å². The number of carbonyl (C=O) groups excluding carboxylic acids is 1. The number of carbonyl (C=O) groups is 1. The Hall–Kier alpha value is -1.59. The monoisotopic (exact) mass is 323 g/mol. The molecule has 0 aliphatic carbocycles. The Morgan fingerprint density at radius 2 is 2.14 bits per heavy atom. The lowest BCUT2D eigenvalue weighted by molar-refractivity contribution is 0.0946. The number of hydrogen-bond acceptors (Lipinski definition) is 4. The van der Waals surface area contributed by atoms with Crippen molar-refractivity contribution in [3.63, 3.8) is 0 Å². The van der Waals surface area contributed by atoms with E-state index in [4.69, 9.17) is 11.6 Å². The van der Waals surface area contributed by atoms with Crippen molar-refractivity contribution in [2.75, 3.05) is 11.9 Å². The smallest absolute Gasteiger partial charge is 0.271 e. The summed E-state index contributed by atoms with van der Waals surface area (Å²) in [4.78, 5) is 18.8. The molecule has 2 N–H and O–H groups in total. The number of aryl methyl sites for hydroxylation is 1. The molecule has 0 fully saturated rings. The second-order valence-corrected chi connectivity index (χ2v) is 6.43. The zero-order chi connectivity index (χ0) is 15.2. The Morgan fingerprint density at radius 3 is 2.81 bits per heavy atom. The number of pyridine rings is 1. The third-order valence-electron chi connectivity index (χ3n) is 2.84. The van der Waals surface area contributed by atoms with Gasteiger partial charge in [-0.15, -0.1) is 11.3 Å². The maximum atomic E-state index is 12.2. The first kappa shape index (κ1) is 15.8. The second kappa shape index (κ2) is 7.43. The van der Waals surface area contributed by atoms with Crippen LogP contribution in [0, 0.1) is 6.92 Å². The van der Waals surface area contributed by atoms with Crippen LogP contribution >= 0.6 is 22.9 Å². The standard InChI is InChI=1S/C15H18ClN3OS/c1-3-8-17-13-7-6-12(16)14(19-13)15(20)18-9-11-5-4-10(2)21-11/h4-7H,3,8-9H2,1-2H3,(H,17,19)(H,18,20). The van der Waals surface area contributed by atoms with Gasteiger partial charge in [0.15, 0.2) is 0 Å². The van der Waals surface area contributed by atoms with Gasteiger partial charge in [-0.25, -0.2) is 4.98 Å². The fraction of sp³-hybridized carbons (Fsp3) is 0.333. The first-order valence-electron chi connectivity index (χ1n) is 6.84. The molecule has 2 heterocycles. The lowest BCUT2D eigenvalue weighted by Crippen LogP contribution is -2.24. The Balaban J connectivity index is 2.03. The molecule has 2 rings (SSSR count). The molecule has 0 aliphatic heterocycles. The molecule has 21 heavy (non-hydrogen) atoms. The molecule has 0 aromatic carbocycles. The van der Waals surface area contributed by atoms with Crippen LogP contribution in [0.4, 0.5) is 5.82 Å². The number of anilines is 1. The number of aromatic nitrogens is 1. The van der Waals surface area contributed by atoms with Crippen molar-refractivity contribution in [3.05, 3.63) is 44.7 Å². The van der Waals surface area contributed by atoms with Crippen molar-refractivity contribution >= 4 is 34.7 Å². The molecule has 0 bridgehead atoms. The number of nitrogens with zero attached hydrogens (tertiary/aromatic N) is 1. The molecule has 0 spiro atoms. The lowest BCUT2D eigenvalue weighted by atomic mass is 10.3. The molecule has 2 aromatic rings. The molecule has 0 unspecified atom stereocenters. The summed E-state index contributed by atoms with van der Waals surface area (Å²) in [6, 6.07) is 7.51. The van der Waals surface area contributed by atoms with E-state index in [2.05, 4.69) is 22.5 Å². The Bertz CT molecular complexity index is 627. The van der Waals surface area contributed by atoms with Crippen LogP contribution in [0.1, 0.15) is 33.6 Å². The number of hydrogen-bond donors (Lipinski definition) is 2. The van der Waals surface area contributed by atoms with Crippen LogP contribution in [0.25, 0.3) is 0 Å². The van der Waals surface area contributed by atoms with E-state index in [0.29, 0.717) is 17.4 Å². The van der Waals surface area contributed by atoms with Crippen LogP contribution in [0.5, 0.6) is 0 Å². The van der Waals surface area contributed by atoms with Gasteiger partial charge < -0.3 is 10.6 Å². The van der Waals surface area contributed by atoms with Crippen LogP contribution in [-0.2, 0) is 6.54 Å². The van der Waals surface area contributed by atoms with Crippen molar-refractivity contribution in [2.45, 2.75) is 26.8 Å². The van der Waals surface area contributed by atoms with Gasteiger partial charge in [0.1, 0.15) is 11.5 Å². The van der Waals surface area contributed by atoms with Crippen molar-refractivity contribution in [3.8, 4) is 0 Å². The second-order valence-electron chi connectivity index (χ2n) is 4.65. The zero-order valence-electron chi connectivity index (χ0n) is 12.1. The predicted molar refractivity (Wildman–Crippen MR) is 88.3 cm³/mol. The van der Waals surface area contributed by atoms with Gasteiger partial charge in [0.25, 0.3) is 5.91 Å². The average molecular weight is 324 g/mol. The molecular formula is C15H18ClN3OS. The van der Waals surface area contributed by atoms with Crippen LogP contribution in [0.15, 0.2) is 24.3 Å². The summed E-state index contributed by atoms with van der Waals surface area (Å²) in [6.07, 6.45) is 0.990. The van der Waals surface area contributed by atoms with E-state index in [1.807, 2.05) is 19.1 Å². The van der Waals surface area contributed by atoms with Gasteiger partial charge in [0.05, 0.1) is 11.6 Å². The quantitative estimate of drug-likeness (QED) is 0.848. The number of halogens is 1. The fourth-order valence-electron chi connectivity index (χ4n) is 1.78. The van der Waals surface area contributed by atoms with Crippen molar-refractivity contribution in [1.29, 1.82) is 0 Å². The van der Waals surface area contributed by atoms with Gasteiger partial charge in [0.2, 0.25) is 0 Å². The van der Waals surface area contributed by atoms with Crippen LogP contribution < -0.4 is 10.6 Å². The van der Waals surface area contributed by atoms with E-state index in [9.17, 15) is 4.79 Å². The summed E-state index contributed by atoms with van der Waals surface area (Å²) >= 11 is 7.73. The first-order chi connectivity index (χ1) is 10.1. The van der Waals surface area contributed by atoms with Gasteiger partial charge in [-0.1, -0.05) is 18.5 Å². The molecule has 0 aliphatic rings. The minimum absolute atomic E-state index is 0.256. The highest BCUT2D eigenvalue weighted by Gasteiger charge is 2.13. The average Bonchev–Trinajstić information content (AvgIpc) is 2.89. The Morgan fingerprint density at radius 1 is 1.33 bits per heavy atom. The molecule has 2 aromatic heterocycles. The SMILES string of the molecule is CCCNc1ccc(Cl)c(C(=O)NCc2ccc(C)s2)n1. The summed E-state index contributed by atoms with van der Waals surface area (Å²) < 4.78 is 0. The normalized spacial score (nSPS) is 10.4. The van der Waals surface area contributed by atoms with E-state index in [-0.39, 0.29) is 11.6 Å². The van der Waals surface area contributed by atoms with Crippen molar-refractivity contribution in [1.82, 2.24) is 10.3 Å². The molecule has 0 radical (unpaired) electrons. The zero-order valence-corrected chi connectivity index (χ0v) is 13.6. The highest BCUT2D eigenvalue weighted by molar-refractivity contribution is 7.11. The minimum Gasteiger partial charge on any atom is -0.370 e. The molecule has 0 saturated heterocycles.